The molecule has 2 rings (SSSR count). The number of rotatable bonds is 4. The number of carboxylic acids is 1. The highest BCUT2D eigenvalue weighted by Gasteiger charge is 2.36. The highest BCUT2D eigenvalue weighted by atomic mass is 79.9. The number of aliphatic carboxylic acids is 1. The van der Waals surface area contributed by atoms with Crippen LogP contribution in [-0.4, -0.2) is 59.4 Å². The van der Waals surface area contributed by atoms with Gasteiger partial charge in [0.2, 0.25) is 0 Å². The summed E-state index contributed by atoms with van der Waals surface area (Å²) < 4.78 is 23.7. The number of nitrogens with zero attached hydrogens (tertiary/aromatic N) is 2. The number of hydrogen-bond donors (Lipinski definition) is 1. The fourth-order valence-electron chi connectivity index (χ4n) is 2.18. The Balaban J connectivity index is 2.25. The minimum absolute atomic E-state index is 0.0329. The van der Waals surface area contributed by atoms with E-state index in [1.165, 1.54) is 12.3 Å². The third kappa shape index (κ3) is 4.01. The SMILES string of the molecule is O=C(O)CN(C(=O)c1ccc(Br)cn1)C1CCS(=O)(=O)C1. The quantitative estimate of drug-likeness (QED) is 0.822. The van der Waals surface area contributed by atoms with E-state index in [9.17, 15) is 18.0 Å². The van der Waals surface area contributed by atoms with Gasteiger partial charge in [-0.15, -0.1) is 0 Å². The second-order valence-electron chi connectivity index (χ2n) is 4.75. The van der Waals surface area contributed by atoms with Gasteiger partial charge in [0.05, 0.1) is 11.5 Å². The molecule has 9 heteroatoms. The molecule has 0 aliphatic carbocycles. The summed E-state index contributed by atoms with van der Waals surface area (Å²) in [4.78, 5) is 28.3. The molecule has 1 aliphatic heterocycles. The zero-order chi connectivity index (χ0) is 15.6. The van der Waals surface area contributed by atoms with Gasteiger partial charge >= 0.3 is 5.97 Å². The fourth-order valence-corrected chi connectivity index (χ4v) is 4.15. The van der Waals surface area contributed by atoms with Crippen LogP contribution in [0.15, 0.2) is 22.8 Å². The first-order valence-corrected chi connectivity index (χ1v) is 8.75. The summed E-state index contributed by atoms with van der Waals surface area (Å²) in [6.45, 7) is -0.545. The fraction of sp³-hybridized carbons (Fsp3) is 0.417. The number of pyridine rings is 1. The van der Waals surface area contributed by atoms with Crippen molar-refractivity contribution < 1.29 is 23.1 Å². The Morgan fingerprint density at radius 1 is 1.43 bits per heavy atom. The number of carboxylic acid groups (broad SMARTS) is 1. The van der Waals surface area contributed by atoms with Gasteiger partial charge < -0.3 is 10.0 Å². The Morgan fingerprint density at radius 2 is 2.14 bits per heavy atom. The molecule has 7 nitrogen and oxygen atoms in total. The van der Waals surface area contributed by atoms with E-state index in [1.54, 1.807) is 6.07 Å². The molecule has 1 amide bonds. The molecule has 0 bridgehead atoms. The lowest BCUT2D eigenvalue weighted by Gasteiger charge is -2.26. The van der Waals surface area contributed by atoms with E-state index in [1.807, 2.05) is 0 Å². The third-order valence-electron chi connectivity index (χ3n) is 3.16. The molecule has 1 saturated heterocycles. The molecule has 1 aromatic heterocycles. The van der Waals surface area contributed by atoms with Crippen molar-refractivity contribution in [2.24, 2.45) is 0 Å². The van der Waals surface area contributed by atoms with Crippen LogP contribution in [-0.2, 0) is 14.6 Å². The summed E-state index contributed by atoms with van der Waals surface area (Å²) in [5.41, 5.74) is 0.0868. The van der Waals surface area contributed by atoms with Crippen LogP contribution < -0.4 is 0 Å². The Bertz CT molecular complexity index is 659. The van der Waals surface area contributed by atoms with Gasteiger partial charge in [0.25, 0.3) is 5.91 Å². The lowest BCUT2D eigenvalue weighted by Crippen LogP contribution is -2.44. The van der Waals surface area contributed by atoms with E-state index in [-0.39, 0.29) is 23.6 Å². The average Bonchev–Trinajstić information content (AvgIpc) is 2.76. The van der Waals surface area contributed by atoms with E-state index in [4.69, 9.17) is 5.11 Å². The Morgan fingerprint density at radius 3 is 2.62 bits per heavy atom. The van der Waals surface area contributed by atoms with Crippen LogP contribution in [0.1, 0.15) is 16.9 Å². The zero-order valence-corrected chi connectivity index (χ0v) is 13.3. The Kier molecular flexibility index (Phi) is 4.62. The lowest BCUT2D eigenvalue weighted by atomic mass is 10.2. The van der Waals surface area contributed by atoms with Gasteiger partial charge in [0.15, 0.2) is 9.84 Å². The summed E-state index contributed by atoms with van der Waals surface area (Å²) in [7, 11) is -3.21. The number of amides is 1. The van der Waals surface area contributed by atoms with Crippen LogP contribution >= 0.6 is 15.9 Å². The third-order valence-corrected chi connectivity index (χ3v) is 5.38. The Hall–Kier alpha value is -1.48. The summed E-state index contributed by atoms with van der Waals surface area (Å²) in [6, 6.07) is 2.46. The van der Waals surface area contributed by atoms with Crippen LogP contribution in [0.2, 0.25) is 0 Å². The normalized spacial score (nSPS) is 20.1. The molecule has 1 unspecified atom stereocenters. The molecule has 1 aliphatic rings. The molecule has 0 spiro atoms. The molecule has 1 aromatic rings. The summed E-state index contributed by atoms with van der Waals surface area (Å²) in [5, 5.41) is 8.94. The number of aromatic nitrogens is 1. The van der Waals surface area contributed by atoms with E-state index < -0.39 is 34.3 Å². The molecule has 1 fully saturated rings. The van der Waals surface area contributed by atoms with Gasteiger partial charge in [0, 0.05) is 16.7 Å². The van der Waals surface area contributed by atoms with E-state index in [0.717, 1.165) is 4.90 Å². The highest BCUT2D eigenvalue weighted by molar-refractivity contribution is 9.10. The maximum Gasteiger partial charge on any atom is 0.323 e. The summed E-state index contributed by atoms with van der Waals surface area (Å²) in [5.74, 6) is -2.01. The molecular formula is C12H13BrN2O5S. The van der Waals surface area contributed by atoms with Gasteiger partial charge in [-0.1, -0.05) is 0 Å². The minimum atomic E-state index is -3.21. The molecular weight excluding hydrogens is 364 g/mol. The van der Waals surface area contributed by atoms with Crippen LogP contribution in [0.25, 0.3) is 0 Å². The van der Waals surface area contributed by atoms with E-state index in [2.05, 4.69) is 20.9 Å². The van der Waals surface area contributed by atoms with Crippen molar-refractivity contribution in [3.63, 3.8) is 0 Å². The van der Waals surface area contributed by atoms with Crippen molar-refractivity contribution in [2.45, 2.75) is 12.5 Å². The van der Waals surface area contributed by atoms with Crippen molar-refractivity contribution in [3.8, 4) is 0 Å². The molecule has 0 radical (unpaired) electrons. The highest BCUT2D eigenvalue weighted by Crippen LogP contribution is 2.20. The van der Waals surface area contributed by atoms with Crippen LogP contribution in [0.5, 0.6) is 0 Å². The topological polar surface area (TPSA) is 105 Å². The molecule has 114 valence electrons. The van der Waals surface area contributed by atoms with Gasteiger partial charge in [-0.3, -0.25) is 9.59 Å². The largest absolute Gasteiger partial charge is 0.480 e. The lowest BCUT2D eigenvalue weighted by molar-refractivity contribution is -0.138. The van der Waals surface area contributed by atoms with Crippen molar-refractivity contribution in [1.82, 2.24) is 9.88 Å². The van der Waals surface area contributed by atoms with Crippen LogP contribution in [0.3, 0.4) is 0 Å². The van der Waals surface area contributed by atoms with Gasteiger partial charge in [-0.25, -0.2) is 13.4 Å². The molecule has 2 heterocycles. The van der Waals surface area contributed by atoms with E-state index in [0.29, 0.717) is 4.47 Å². The number of carbonyl (C=O) groups is 2. The van der Waals surface area contributed by atoms with Crippen LogP contribution in [0.4, 0.5) is 0 Å². The first-order valence-electron chi connectivity index (χ1n) is 6.13. The number of hydrogen-bond acceptors (Lipinski definition) is 5. The van der Waals surface area contributed by atoms with Gasteiger partial charge in [-0.2, -0.15) is 0 Å². The van der Waals surface area contributed by atoms with Gasteiger partial charge in [-0.05, 0) is 34.5 Å². The average molecular weight is 377 g/mol. The monoisotopic (exact) mass is 376 g/mol. The second kappa shape index (κ2) is 6.10. The maximum atomic E-state index is 12.4. The molecule has 1 N–H and O–H groups in total. The molecule has 21 heavy (non-hydrogen) atoms. The zero-order valence-electron chi connectivity index (χ0n) is 10.9. The van der Waals surface area contributed by atoms with E-state index >= 15 is 0 Å². The molecule has 0 aromatic carbocycles. The minimum Gasteiger partial charge on any atom is -0.480 e. The second-order valence-corrected chi connectivity index (χ2v) is 7.89. The van der Waals surface area contributed by atoms with Crippen LogP contribution in [0, 0.1) is 0 Å². The van der Waals surface area contributed by atoms with Crippen molar-refractivity contribution in [1.29, 1.82) is 0 Å². The molecule has 0 saturated carbocycles. The molecule has 1 atom stereocenters. The smallest absolute Gasteiger partial charge is 0.323 e. The number of sulfone groups is 1. The van der Waals surface area contributed by atoms with Crippen molar-refractivity contribution in [2.75, 3.05) is 18.1 Å². The van der Waals surface area contributed by atoms with Crippen molar-refractivity contribution in [3.05, 3.63) is 28.5 Å². The van der Waals surface area contributed by atoms with Gasteiger partial charge in [0.1, 0.15) is 12.2 Å². The first-order chi connectivity index (χ1) is 9.78. The first kappa shape index (κ1) is 15.9. The maximum absolute atomic E-state index is 12.4. The summed E-state index contributed by atoms with van der Waals surface area (Å²) >= 11 is 3.19. The number of carbonyl (C=O) groups excluding carboxylic acids is 1. The predicted molar refractivity (Wildman–Crippen MR) is 77.7 cm³/mol. The standard InChI is InChI=1S/C12H13BrN2O5S/c13-8-1-2-10(14-5-8)12(18)15(6-11(16)17)9-3-4-21(19,20)7-9/h1-2,5,9H,3-4,6-7H2,(H,16,17). The Labute approximate surface area is 130 Å². The predicted octanol–water partition coefficient (Wildman–Crippen LogP) is 0.558. The number of halogens is 1. The van der Waals surface area contributed by atoms with Crippen molar-refractivity contribution >= 4 is 37.6 Å². The summed E-state index contributed by atoms with van der Waals surface area (Å²) in [6.07, 6.45) is 1.68.